The van der Waals surface area contributed by atoms with E-state index in [0.29, 0.717) is 12.6 Å². The Labute approximate surface area is 191 Å². The topological polar surface area (TPSA) is 37.3 Å². The zero-order chi connectivity index (χ0) is 22.1. The molecule has 0 aromatic carbocycles. The molecule has 0 saturated carbocycles. The molecule has 30 heavy (non-hydrogen) atoms. The van der Waals surface area contributed by atoms with Crippen LogP contribution in [0, 0.1) is 0 Å². The minimum absolute atomic E-state index is 0.302. The summed E-state index contributed by atoms with van der Waals surface area (Å²) in [4.78, 5) is 0. The van der Waals surface area contributed by atoms with Crippen LogP contribution in [0.25, 0.3) is 0 Å². The average molecular weight is 444 g/mol. The summed E-state index contributed by atoms with van der Waals surface area (Å²) in [5, 5.41) is 9.22. The fourth-order valence-corrected chi connectivity index (χ4v) is 5.62. The van der Waals surface area contributed by atoms with E-state index in [2.05, 4.69) is 6.92 Å². The van der Waals surface area contributed by atoms with Crippen molar-refractivity contribution in [1.29, 1.82) is 0 Å². The summed E-state index contributed by atoms with van der Waals surface area (Å²) in [6.45, 7) is 4.07. The van der Waals surface area contributed by atoms with Crippen molar-refractivity contribution in [1.82, 2.24) is 0 Å². The maximum Gasteiger partial charge on any atom is 0.338 e. The van der Waals surface area contributed by atoms with Crippen molar-refractivity contribution in [2.24, 2.45) is 0 Å². The minimum Gasteiger partial charge on any atom is -0.393 e. The smallest absolute Gasteiger partial charge is 0.338 e. The van der Waals surface area contributed by atoms with Gasteiger partial charge in [-0.05, 0) is 19.8 Å². The number of rotatable bonds is 25. The van der Waals surface area contributed by atoms with E-state index in [1.807, 2.05) is 0 Å². The molecule has 0 radical (unpaired) electrons. The first-order valence-electron chi connectivity index (χ1n) is 13.8. The largest absolute Gasteiger partial charge is 0.393 e. The number of unbranched alkanes of at least 4 members (excludes halogenated alkanes) is 20. The molecule has 0 aliphatic carbocycles. The predicted molar refractivity (Wildman–Crippen MR) is 136 cm³/mol. The molecule has 0 heterocycles. The zero-order valence-electron chi connectivity index (χ0n) is 20.9. The molecule has 3 heteroatoms. The normalized spacial score (nSPS) is 13.0. The lowest BCUT2D eigenvalue weighted by atomic mass is 10.0. The fourth-order valence-electron chi connectivity index (χ4n) is 4.16. The van der Waals surface area contributed by atoms with Crippen molar-refractivity contribution in [2.75, 3.05) is 12.3 Å². The lowest BCUT2D eigenvalue weighted by Gasteiger charge is -2.04. The summed E-state index contributed by atoms with van der Waals surface area (Å²) in [5.74, 6) is 0. The molecule has 0 amide bonds. The van der Waals surface area contributed by atoms with Gasteiger partial charge in [0.05, 0.1) is 6.10 Å². The van der Waals surface area contributed by atoms with Gasteiger partial charge in [-0.25, -0.2) is 0 Å². The highest BCUT2D eigenvalue weighted by Gasteiger charge is 2.15. The van der Waals surface area contributed by atoms with Gasteiger partial charge in [-0.2, -0.15) is 0 Å². The van der Waals surface area contributed by atoms with Gasteiger partial charge in [-0.15, -0.1) is 0 Å². The average Bonchev–Trinajstić information content (AvgIpc) is 2.73. The van der Waals surface area contributed by atoms with Crippen LogP contribution in [0.3, 0.4) is 0 Å². The Morgan fingerprint density at radius 2 is 0.833 bits per heavy atom. The molecule has 0 fully saturated rings. The molecule has 0 saturated heterocycles. The van der Waals surface area contributed by atoms with E-state index in [1.165, 1.54) is 128 Å². The zero-order valence-corrected chi connectivity index (χ0v) is 21.7. The maximum atomic E-state index is 11.8. The van der Waals surface area contributed by atoms with Crippen LogP contribution in [0.1, 0.15) is 155 Å². The molecular weight excluding hydrogens is 387 g/mol. The molecule has 2 atom stereocenters. The molecule has 0 aromatic heterocycles. The third-order valence-electron chi connectivity index (χ3n) is 6.31. The molecule has 0 spiro atoms. The highest BCUT2D eigenvalue weighted by atomic mass is 31.1. The van der Waals surface area contributed by atoms with Crippen molar-refractivity contribution in [3.05, 3.63) is 0 Å². The Kier molecular flexibility index (Phi) is 25.4. The molecule has 2 nitrogen and oxygen atoms in total. The van der Waals surface area contributed by atoms with Gasteiger partial charge in [-0.1, -0.05) is 133 Å². The first kappa shape index (κ1) is 30.1. The quantitative estimate of drug-likeness (QED) is 0.113. The molecular formula is C27H56O2P+. The Bertz CT molecular complexity index is 344. The molecule has 1 N–H and O–H groups in total. The summed E-state index contributed by atoms with van der Waals surface area (Å²) in [6.07, 6.45) is 31.4. The minimum atomic E-state index is -1.07. The maximum absolute atomic E-state index is 11.8. The van der Waals surface area contributed by atoms with Crippen LogP contribution in [0.5, 0.6) is 0 Å². The Hall–Kier alpha value is 0.0600. The first-order valence-corrected chi connectivity index (χ1v) is 15.4. The number of aliphatic hydroxyl groups excluding tert-OH is 1. The summed E-state index contributed by atoms with van der Waals surface area (Å²) in [6, 6.07) is 0. The van der Waals surface area contributed by atoms with Gasteiger partial charge in [0.2, 0.25) is 0 Å². The second-order valence-corrected chi connectivity index (χ2v) is 11.5. The van der Waals surface area contributed by atoms with E-state index in [-0.39, 0.29) is 6.10 Å². The van der Waals surface area contributed by atoms with Crippen LogP contribution in [0.4, 0.5) is 0 Å². The van der Waals surface area contributed by atoms with Gasteiger partial charge >= 0.3 is 7.80 Å². The third kappa shape index (κ3) is 26.1. The summed E-state index contributed by atoms with van der Waals surface area (Å²) < 4.78 is 11.8. The van der Waals surface area contributed by atoms with Crippen molar-refractivity contribution >= 4 is 7.80 Å². The Balaban J connectivity index is 3.07. The lowest BCUT2D eigenvalue weighted by Crippen LogP contribution is -2.00. The van der Waals surface area contributed by atoms with Gasteiger partial charge < -0.3 is 5.11 Å². The molecule has 0 rings (SSSR count). The van der Waals surface area contributed by atoms with Gasteiger partial charge in [0.15, 0.2) is 0 Å². The van der Waals surface area contributed by atoms with Crippen LogP contribution in [0.15, 0.2) is 0 Å². The summed E-state index contributed by atoms with van der Waals surface area (Å²) in [7, 11) is -1.07. The second kappa shape index (κ2) is 25.3. The predicted octanol–water partition coefficient (Wildman–Crippen LogP) is 9.80. The summed E-state index contributed by atoms with van der Waals surface area (Å²) in [5.41, 5.74) is 0. The molecule has 0 aromatic rings. The number of aliphatic hydroxyl groups is 1. The van der Waals surface area contributed by atoms with Crippen LogP contribution in [-0.2, 0) is 4.57 Å². The van der Waals surface area contributed by atoms with Crippen molar-refractivity contribution in [3.8, 4) is 0 Å². The highest BCUT2D eigenvalue weighted by molar-refractivity contribution is 7.44. The van der Waals surface area contributed by atoms with E-state index in [0.717, 1.165) is 12.6 Å². The SMILES string of the molecule is CCCCCCCCCCCCCCCCCCCCCCC[P+](=O)CCC(C)O. The molecule has 180 valence electrons. The van der Waals surface area contributed by atoms with E-state index < -0.39 is 7.80 Å². The van der Waals surface area contributed by atoms with Gasteiger partial charge in [0.25, 0.3) is 0 Å². The van der Waals surface area contributed by atoms with Gasteiger partial charge in [0, 0.05) is 6.42 Å². The van der Waals surface area contributed by atoms with Crippen LogP contribution < -0.4 is 0 Å². The van der Waals surface area contributed by atoms with Gasteiger partial charge in [0.1, 0.15) is 12.3 Å². The fraction of sp³-hybridized carbons (Fsp3) is 1.00. The van der Waals surface area contributed by atoms with E-state index in [1.54, 1.807) is 6.92 Å². The standard InChI is InChI=1S/C27H56O2P/c1-3-4-5-6-7-8-9-10-11-12-13-14-15-16-17-18-19-20-21-22-23-25-30(29)26-24-27(2)28/h27-28H,3-26H2,1-2H3/q+1. The van der Waals surface area contributed by atoms with Crippen molar-refractivity contribution in [2.45, 2.75) is 161 Å². The second-order valence-electron chi connectivity index (χ2n) is 9.64. The number of hydrogen-bond acceptors (Lipinski definition) is 2. The molecule has 0 aliphatic rings. The van der Waals surface area contributed by atoms with Crippen LogP contribution >= 0.6 is 7.80 Å². The van der Waals surface area contributed by atoms with Crippen LogP contribution in [-0.4, -0.2) is 23.5 Å². The first-order chi connectivity index (χ1) is 14.7. The molecule has 2 unspecified atom stereocenters. The summed E-state index contributed by atoms with van der Waals surface area (Å²) >= 11 is 0. The van der Waals surface area contributed by atoms with E-state index >= 15 is 0 Å². The highest BCUT2D eigenvalue weighted by Crippen LogP contribution is 2.24. The van der Waals surface area contributed by atoms with E-state index in [4.69, 9.17) is 0 Å². The van der Waals surface area contributed by atoms with Crippen molar-refractivity contribution < 1.29 is 9.67 Å². The lowest BCUT2D eigenvalue weighted by molar-refractivity contribution is 0.191. The Morgan fingerprint density at radius 1 is 0.533 bits per heavy atom. The van der Waals surface area contributed by atoms with E-state index in [9.17, 15) is 9.67 Å². The van der Waals surface area contributed by atoms with Crippen molar-refractivity contribution in [3.63, 3.8) is 0 Å². The number of hydrogen-bond donors (Lipinski definition) is 1. The monoisotopic (exact) mass is 443 g/mol. The molecule has 0 aliphatic heterocycles. The molecule has 0 bridgehead atoms. The van der Waals surface area contributed by atoms with Gasteiger partial charge in [-0.3, -0.25) is 0 Å². The van der Waals surface area contributed by atoms with Crippen LogP contribution in [0.2, 0.25) is 0 Å². The Morgan fingerprint density at radius 3 is 1.13 bits per heavy atom. The third-order valence-corrected chi connectivity index (χ3v) is 7.88.